The maximum atomic E-state index is 11.3. The predicted octanol–water partition coefficient (Wildman–Crippen LogP) is 3.52. The van der Waals surface area contributed by atoms with Crippen LogP contribution in [0.3, 0.4) is 0 Å². The Hall–Kier alpha value is -2.83. The van der Waals surface area contributed by atoms with E-state index in [2.05, 4.69) is 0 Å². The SMILES string of the molecule is CC(=O)c1ccc(OCC(O)CN(Cc2ccco2)Cc2ccco2)cc1. The first-order valence-electron chi connectivity index (χ1n) is 8.79. The third-order valence-electron chi connectivity index (χ3n) is 4.09. The molecule has 0 spiro atoms. The molecule has 3 rings (SSSR count). The number of Topliss-reactive ketones (excluding diaryl/α,β-unsaturated/α-hetero) is 1. The molecule has 6 nitrogen and oxygen atoms in total. The molecule has 0 aliphatic heterocycles. The van der Waals surface area contributed by atoms with Crippen molar-refractivity contribution in [1.29, 1.82) is 0 Å². The summed E-state index contributed by atoms with van der Waals surface area (Å²) in [4.78, 5) is 13.3. The van der Waals surface area contributed by atoms with E-state index in [1.54, 1.807) is 36.8 Å². The molecule has 142 valence electrons. The van der Waals surface area contributed by atoms with Crippen molar-refractivity contribution in [2.45, 2.75) is 26.1 Å². The lowest BCUT2D eigenvalue weighted by Gasteiger charge is -2.23. The van der Waals surface area contributed by atoms with Crippen LogP contribution in [0.15, 0.2) is 69.9 Å². The molecule has 1 N–H and O–H groups in total. The number of aliphatic hydroxyl groups excluding tert-OH is 1. The van der Waals surface area contributed by atoms with Crippen LogP contribution in [-0.2, 0) is 13.1 Å². The highest BCUT2D eigenvalue weighted by Gasteiger charge is 2.16. The van der Waals surface area contributed by atoms with Crippen LogP contribution in [0.4, 0.5) is 0 Å². The minimum Gasteiger partial charge on any atom is -0.491 e. The van der Waals surface area contributed by atoms with Crippen molar-refractivity contribution in [2.75, 3.05) is 13.2 Å². The van der Waals surface area contributed by atoms with Gasteiger partial charge in [0.05, 0.1) is 25.6 Å². The molecule has 1 aromatic carbocycles. The molecule has 0 fully saturated rings. The summed E-state index contributed by atoms with van der Waals surface area (Å²) in [5.74, 6) is 2.25. The average molecular weight is 369 g/mol. The first kappa shape index (κ1) is 18.9. The molecule has 0 saturated carbocycles. The zero-order chi connectivity index (χ0) is 19.1. The molecule has 2 heterocycles. The van der Waals surface area contributed by atoms with Gasteiger partial charge in [0.25, 0.3) is 0 Å². The molecule has 0 saturated heterocycles. The normalized spacial score (nSPS) is 12.3. The standard InChI is InChI=1S/C21H23NO5/c1-16(23)17-6-8-19(9-7-17)27-15-18(24)12-22(13-20-4-2-10-25-20)14-21-5-3-11-26-21/h2-11,18,24H,12-15H2,1H3. The van der Waals surface area contributed by atoms with E-state index in [1.165, 1.54) is 6.92 Å². The fourth-order valence-electron chi connectivity index (χ4n) is 2.76. The lowest BCUT2D eigenvalue weighted by atomic mass is 10.1. The van der Waals surface area contributed by atoms with Crippen LogP contribution in [0.1, 0.15) is 28.8 Å². The highest BCUT2D eigenvalue weighted by molar-refractivity contribution is 5.94. The monoisotopic (exact) mass is 369 g/mol. The lowest BCUT2D eigenvalue weighted by molar-refractivity contribution is 0.0580. The van der Waals surface area contributed by atoms with E-state index < -0.39 is 6.10 Å². The number of hydrogen-bond acceptors (Lipinski definition) is 6. The summed E-state index contributed by atoms with van der Waals surface area (Å²) in [7, 11) is 0. The van der Waals surface area contributed by atoms with Crippen LogP contribution < -0.4 is 4.74 Å². The quantitative estimate of drug-likeness (QED) is 0.551. The van der Waals surface area contributed by atoms with Gasteiger partial charge in [0.1, 0.15) is 30.0 Å². The van der Waals surface area contributed by atoms with Gasteiger partial charge in [-0.2, -0.15) is 0 Å². The van der Waals surface area contributed by atoms with Crippen LogP contribution in [0, 0.1) is 0 Å². The van der Waals surface area contributed by atoms with Crippen LogP contribution >= 0.6 is 0 Å². The van der Waals surface area contributed by atoms with Crippen molar-refractivity contribution in [2.24, 2.45) is 0 Å². The van der Waals surface area contributed by atoms with Gasteiger partial charge in [0, 0.05) is 12.1 Å². The smallest absolute Gasteiger partial charge is 0.159 e. The van der Waals surface area contributed by atoms with Crippen LogP contribution in [-0.4, -0.2) is 35.0 Å². The van der Waals surface area contributed by atoms with E-state index in [-0.39, 0.29) is 12.4 Å². The fourth-order valence-corrected chi connectivity index (χ4v) is 2.76. The number of furan rings is 2. The number of aliphatic hydroxyl groups is 1. The van der Waals surface area contributed by atoms with Gasteiger partial charge in [-0.25, -0.2) is 0 Å². The number of carbonyl (C=O) groups excluding carboxylic acids is 1. The Labute approximate surface area is 158 Å². The predicted molar refractivity (Wildman–Crippen MR) is 99.5 cm³/mol. The minimum absolute atomic E-state index is 0.00748. The highest BCUT2D eigenvalue weighted by atomic mass is 16.5. The van der Waals surface area contributed by atoms with Crippen molar-refractivity contribution in [3.63, 3.8) is 0 Å². The summed E-state index contributed by atoms with van der Waals surface area (Å²) in [6.07, 6.45) is 2.57. The van der Waals surface area contributed by atoms with Gasteiger partial charge in [0.15, 0.2) is 5.78 Å². The number of nitrogens with zero attached hydrogens (tertiary/aromatic N) is 1. The molecule has 3 aromatic rings. The van der Waals surface area contributed by atoms with Gasteiger partial charge in [-0.3, -0.25) is 9.69 Å². The molecular weight excluding hydrogens is 346 g/mol. The number of carbonyl (C=O) groups is 1. The summed E-state index contributed by atoms with van der Waals surface area (Å²) in [6.45, 7) is 3.17. The van der Waals surface area contributed by atoms with E-state index in [4.69, 9.17) is 13.6 Å². The summed E-state index contributed by atoms with van der Waals surface area (Å²) in [6, 6.07) is 14.4. The Morgan fingerprint density at radius 2 is 1.63 bits per heavy atom. The fraction of sp³-hybridized carbons (Fsp3) is 0.286. The summed E-state index contributed by atoms with van der Waals surface area (Å²) >= 11 is 0. The van der Waals surface area contributed by atoms with Gasteiger partial charge in [-0.05, 0) is 55.5 Å². The maximum absolute atomic E-state index is 11.3. The van der Waals surface area contributed by atoms with E-state index in [0.717, 1.165) is 11.5 Å². The molecule has 2 aromatic heterocycles. The maximum Gasteiger partial charge on any atom is 0.159 e. The van der Waals surface area contributed by atoms with Crippen LogP contribution in [0.5, 0.6) is 5.75 Å². The van der Waals surface area contributed by atoms with Gasteiger partial charge >= 0.3 is 0 Å². The average Bonchev–Trinajstić information content (AvgIpc) is 3.34. The Kier molecular flexibility index (Phi) is 6.46. The van der Waals surface area contributed by atoms with Crippen molar-refractivity contribution in [3.8, 4) is 5.75 Å². The molecule has 0 amide bonds. The van der Waals surface area contributed by atoms with Crippen molar-refractivity contribution in [1.82, 2.24) is 4.90 Å². The lowest BCUT2D eigenvalue weighted by Crippen LogP contribution is -2.34. The van der Waals surface area contributed by atoms with Crippen molar-refractivity contribution < 1.29 is 23.5 Å². The van der Waals surface area contributed by atoms with E-state index >= 15 is 0 Å². The molecule has 1 atom stereocenters. The number of hydrogen-bond donors (Lipinski definition) is 1. The Morgan fingerprint density at radius 3 is 2.11 bits per heavy atom. The number of rotatable bonds is 10. The first-order chi connectivity index (χ1) is 13.1. The van der Waals surface area contributed by atoms with Gasteiger partial charge in [-0.15, -0.1) is 0 Å². The zero-order valence-corrected chi connectivity index (χ0v) is 15.2. The Balaban J connectivity index is 1.54. The largest absolute Gasteiger partial charge is 0.491 e. The van der Waals surface area contributed by atoms with Gasteiger partial charge < -0.3 is 18.7 Å². The zero-order valence-electron chi connectivity index (χ0n) is 15.2. The molecule has 0 bridgehead atoms. The van der Waals surface area contributed by atoms with Gasteiger partial charge in [-0.1, -0.05) is 0 Å². The first-order valence-corrected chi connectivity index (χ1v) is 8.79. The van der Waals surface area contributed by atoms with E-state index in [0.29, 0.717) is 30.9 Å². The van der Waals surface area contributed by atoms with E-state index in [1.807, 2.05) is 29.2 Å². The number of benzene rings is 1. The molecule has 27 heavy (non-hydrogen) atoms. The Bertz CT molecular complexity index is 773. The molecule has 1 unspecified atom stereocenters. The topological polar surface area (TPSA) is 76.1 Å². The van der Waals surface area contributed by atoms with Crippen LogP contribution in [0.2, 0.25) is 0 Å². The summed E-state index contributed by atoms with van der Waals surface area (Å²) in [5, 5.41) is 10.4. The minimum atomic E-state index is -0.692. The molecule has 6 heteroatoms. The molecule has 0 radical (unpaired) electrons. The summed E-state index contributed by atoms with van der Waals surface area (Å²) < 4.78 is 16.5. The second-order valence-corrected chi connectivity index (χ2v) is 6.37. The third kappa shape index (κ3) is 5.84. The number of ether oxygens (including phenoxy) is 1. The van der Waals surface area contributed by atoms with Crippen molar-refractivity contribution >= 4 is 5.78 Å². The van der Waals surface area contributed by atoms with Crippen LogP contribution in [0.25, 0.3) is 0 Å². The summed E-state index contributed by atoms with van der Waals surface area (Å²) in [5.41, 5.74) is 0.631. The highest BCUT2D eigenvalue weighted by Crippen LogP contribution is 2.15. The molecular formula is C21H23NO5. The molecule has 0 aliphatic carbocycles. The third-order valence-corrected chi connectivity index (χ3v) is 4.09. The van der Waals surface area contributed by atoms with Gasteiger partial charge in [0.2, 0.25) is 0 Å². The Morgan fingerprint density at radius 1 is 1.04 bits per heavy atom. The second kappa shape index (κ2) is 9.21. The molecule has 0 aliphatic rings. The number of ketones is 1. The van der Waals surface area contributed by atoms with E-state index in [9.17, 15) is 9.90 Å². The second-order valence-electron chi connectivity index (χ2n) is 6.37. The van der Waals surface area contributed by atoms with Crippen molar-refractivity contribution in [3.05, 3.63) is 78.1 Å².